The Kier molecular flexibility index (Phi) is 3.47. The number of fused-ring (bicyclic) bond motifs is 1. The number of carbonyl (C=O) groups is 3. The third-order valence-electron chi connectivity index (χ3n) is 4.32. The fourth-order valence-corrected chi connectivity index (χ4v) is 3.03. The first kappa shape index (κ1) is 15.0. The summed E-state index contributed by atoms with van der Waals surface area (Å²) in [5, 5.41) is 0. The Hall–Kier alpha value is -1.89. The van der Waals surface area contributed by atoms with E-state index < -0.39 is 29.6 Å². The Balaban J connectivity index is 1.61. The van der Waals surface area contributed by atoms with Gasteiger partial charge in [0, 0.05) is 6.08 Å². The molecule has 22 heavy (non-hydrogen) atoms. The van der Waals surface area contributed by atoms with E-state index in [-0.39, 0.29) is 30.7 Å². The van der Waals surface area contributed by atoms with Crippen LogP contribution in [0.4, 0.5) is 0 Å². The minimum Gasteiger partial charge on any atom is -0.461 e. The normalized spacial score (nSPS) is 35.2. The van der Waals surface area contributed by atoms with Crippen LogP contribution in [-0.4, -0.2) is 48.9 Å². The molecule has 120 valence electrons. The third kappa shape index (κ3) is 2.29. The van der Waals surface area contributed by atoms with Crippen molar-refractivity contribution in [3.63, 3.8) is 0 Å². The number of hydrogen-bond acceptors (Lipinski definition) is 7. The smallest absolute Gasteiger partial charge is 0.330 e. The van der Waals surface area contributed by atoms with Gasteiger partial charge in [0.1, 0.15) is 12.7 Å². The summed E-state index contributed by atoms with van der Waals surface area (Å²) in [6.07, 6.45) is -0.173. The molecule has 5 unspecified atom stereocenters. The van der Waals surface area contributed by atoms with Gasteiger partial charge in [-0.15, -0.1) is 0 Å². The number of hydrogen-bond donors (Lipinski definition) is 0. The van der Waals surface area contributed by atoms with Crippen LogP contribution in [0, 0.1) is 11.3 Å². The molecular weight excluding hydrogens is 292 g/mol. The maximum atomic E-state index is 12.3. The van der Waals surface area contributed by atoms with Gasteiger partial charge in [0.05, 0.1) is 17.4 Å². The van der Waals surface area contributed by atoms with Gasteiger partial charge >= 0.3 is 17.9 Å². The van der Waals surface area contributed by atoms with Crippen molar-refractivity contribution in [1.29, 1.82) is 0 Å². The van der Waals surface area contributed by atoms with E-state index in [0.29, 0.717) is 6.42 Å². The van der Waals surface area contributed by atoms with E-state index in [9.17, 15) is 14.4 Å². The Morgan fingerprint density at radius 3 is 2.82 bits per heavy atom. The minimum atomic E-state index is -1.01. The van der Waals surface area contributed by atoms with Crippen molar-refractivity contribution >= 4 is 17.9 Å². The third-order valence-corrected chi connectivity index (χ3v) is 4.32. The van der Waals surface area contributed by atoms with E-state index >= 15 is 0 Å². The molecule has 0 spiro atoms. The largest absolute Gasteiger partial charge is 0.461 e. The summed E-state index contributed by atoms with van der Waals surface area (Å²) >= 11 is 0. The Morgan fingerprint density at radius 2 is 2.14 bits per heavy atom. The van der Waals surface area contributed by atoms with Crippen LogP contribution >= 0.6 is 0 Å². The summed E-state index contributed by atoms with van der Waals surface area (Å²) in [5.74, 6) is -1.64. The zero-order chi connectivity index (χ0) is 16.1. The van der Waals surface area contributed by atoms with E-state index in [1.807, 2.05) is 0 Å². The van der Waals surface area contributed by atoms with Crippen molar-refractivity contribution in [3.8, 4) is 0 Å². The molecule has 3 saturated heterocycles. The van der Waals surface area contributed by atoms with E-state index in [2.05, 4.69) is 6.58 Å². The van der Waals surface area contributed by atoms with Crippen molar-refractivity contribution in [2.45, 2.75) is 44.7 Å². The van der Waals surface area contributed by atoms with E-state index in [0.717, 1.165) is 6.08 Å². The molecule has 2 bridgehead atoms. The molecule has 0 aromatic heterocycles. The molecule has 3 aliphatic heterocycles. The van der Waals surface area contributed by atoms with Crippen LogP contribution in [0.1, 0.15) is 20.3 Å². The maximum absolute atomic E-state index is 12.3. The minimum absolute atomic E-state index is 0.120. The van der Waals surface area contributed by atoms with Gasteiger partial charge in [-0.1, -0.05) is 6.58 Å². The van der Waals surface area contributed by atoms with Crippen LogP contribution in [0.3, 0.4) is 0 Å². The lowest BCUT2D eigenvalue weighted by Crippen LogP contribution is -2.43. The lowest BCUT2D eigenvalue weighted by molar-refractivity contribution is -0.173. The summed E-state index contributed by atoms with van der Waals surface area (Å²) in [5.41, 5.74) is -1.01. The van der Waals surface area contributed by atoms with Crippen LogP contribution in [-0.2, 0) is 33.3 Å². The quantitative estimate of drug-likeness (QED) is 0.412. The maximum Gasteiger partial charge on any atom is 0.330 e. The molecule has 0 aromatic carbocycles. The Bertz CT molecular complexity index is 538. The monoisotopic (exact) mass is 310 g/mol. The van der Waals surface area contributed by atoms with Crippen molar-refractivity contribution in [1.82, 2.24) is 0 Å². The van der Waals surface area contributed by atoms with Crippen LogP contribution in [0.25, 0.3) is 0 Å². The van der Waals surface area contributed by atoms with Gasteiger partial charge < -0.3 is 18.9 Å². The van der Waals surface area contributed by atoms with Crippen LogP contribution in [0.2, 0.25) is 0 Å². The SMILES string of the molecule is C=CC(=O)OCC(C)(C)C(=O)OC1C2CC3C(=O)OC1C3O2. The first-order valence-corrected chi connectivity index (χ1v) is 7.20. The summed E-state index contributed by atoms with van der Waals surface area (Å²) in [6.45, 7) is 6.40. The molecule has 3 rings (SSSR count). The molecule has 0 amide bonds. The topological polar surface area (TPSA) is 88.1 Å². The highest BCUT2D eigenvalue weighted by atomic mass is 16.7. The molecular formula is C15H18O7. The number of esters is 3. The molecule has 5 atom stereocenters. The predicted molar refractivity (Wildman–Crippen MR) is 71.5 cm³/mol. The van der Waals surface area contributed by atoms with Crippen LogP contribution in [0.15, 0.2) is 12.7 Å². The number of carbonyl (C=O) groups excluding carboxylic acids is 3. The molecule has 0 N–H and O–H groups in total. The first-order valence-electron chi connectivity index (χ1n) is 7.20. The lowest BCUT2D eigenvalue weighted by Gasteiger charge is -2.28. The summed E-state index contributed by atoms with van der Waals surface area (Å²) in [4.78, 5) is 35.0. The highest BCUT2D eigenvalue weighted by Crippen LogP contribution is 2.47. The lowest BCUT2D eigenvalue weighted by atomic mass is 9.87. The van der Waals surface area contributed by atoms with Crippen molar-refractivity contribution < 1.29 is 33.3 Å². The van der Waals surface area contributed by atoms with Gasteiger partial charge in [-0.05, 0) is 20.3 Å². The summed E-state index contributed by atoms with van der Waals surface area (Å²) in [6, 6.07) is 0. The van der Waals surface area contributed by atoms with Gasteiger partial charge in [0.15, 0.2) is 12.2 Å². The highest BCUT2D eigenvalue weighted by molar-refractivity contribution is 5.82. The number of rotatable bonds is 5. The average molecular weight is 310 g/mol. The van der Waals surface area contributed by atoms with Crippen molar-refractivity contribution in [3.05, 3.63) is 12.7 Å². The zero-order valence-corrected chi connectivity index (χ0v) is 12.4. The molecule has 3 aliphatic rings. The first-order chi connectivity index (χ1) is 10.3. The Morgan fingerprint density at radius 1 is 1.41 bits per heavy atom. The molecule has 0 aromatic rings. The fourth-order valence-electron chi connectivity index (χ4n) is 3.03. The second-order valence-corrected chi connectivity index (χ2v) is 6.45. The summed E-state index contributed by atoms with van der Waals surface area (Å²) in [7, 11) is 0. The van der Waals surface area contributed by atoms with Crippen molar-refractivity contribution in [2.24, 2.45) is 11.3 Å². The van der Waals surface area contributed by atoms with E-state index in [4.69, 9.17) is 18.9 Å². The fraction of sp³-hybridized carbons (Fsp3) is 0.667. The van der Waals surface area contributed by atoms with Gasteiger partial charge in [0.2, 0.25) is 0 Å². The Labute approximate surface area is 127 Å². The van der Waals surface area contributed by atoms with Gasteiger partial charge in [-0.2, -0.15) is 0 Å². The van der Waals surface area contributed by atoms with E-state index in [1.165, 1.54) is 0 Å². The molecule has 0 aliphatic carbocycles. The molecule has 7 nitrogen and oxygen atoms in total. The highest BCUT2D eigenvalue weighted by Gasteiger charge is 2.65. The molecule has 3 heterocycles. The van der Waals surface area contributed by atoms with Gasteiger partial charge in [-0.25, -0.2) is 4.79 Å². The molecule has 0 radical (unpaired) electrons. The second kappa shape index (κ2) is 5.08. The zero-order valence-electron chi connectivity index (χ0n) is 12.4. The van der Waals surface area contributed by atoms with Crippen molar-refractivity contribution in [2.75, 3.05) is 6.61 Å². The second-order valence-electron chi connectivity index (χ2n) is 6.45. The predicted octanol–water partition coefficient (Wildman–Crippen LogP) is 0.366. The average Bonchev–Trinajstić information content (AvgIpc) is 3.09. The van der Waals surface area contributed by atoms with Gasteiger partial charge in [-0.3, -0.25) is 9.59 Å². The molecule has 0 saturated carbocycles. The summed E-state index contributed by atoms with van der Waals surface area (Å²) < 4.78 is 21.3. The molecule has 7 heteroatoms. The van der Waals surface area contributed by atoms with Gasteiger partial charge in [0.25, 0.3) is 0 Å². The number of ether oxygens (including phenoxy) is 4. The van der Waals surface area contributed by atoms with Crippen LogP contribution < -0.4 is 0 Å². The van der Waals surface area contributed by atoms with E-state index in [1.54, 1.807) is 13.8 Å². The standard InChI is InChI=1S/C15H18O7/c1-4-9(16)19-6-15(2,3)14(18)22-11-8-5-7-10(20-8)12(11)21-13(7)17/h4,7-8,10-12H,1,5-6H2,2-3H3. The van der Waals surface area contributed by atoms with Crippen LogP contribution in [0.5, 0.6) is 0 Å². The molecule has 3 fully saturated rings.